The van der Waals surface area contributed by atoms with Gasteiger partial charge in [-0.15, -0.1) is 0 Å². The van der Waals surface area contributed by atoms with Crippen LogP contribution < -0.4 is 4.90 Å². The first kappa shape index (κ1) is 8.36. The van der Waals surface area contributed by atoms with Crippen LogP contribution in [-0.2, 0) is 0 Å². The van der Waals surface area contributed by atoms with Crippen LogP contribution in [0.25, 0.3) is 0 Å². The third-order valence-corrected chi connectivity index (χ3v) is 2.55. The molecule has 68 valence electrons. The van der Waals surface area contributed by atoms with Gasteiger partial charge < -0.3 is 4.90 Å². The molecule has 1 heterocycles. The number of allylic oxidation sites excluding steroid dienone is 1. The van der Waals surface area contributed by atoms with Gasteiger partial charge in [-0.25, -0.2) is 0 Å². The lowest BCUT2D eigenvalue weighted by Crippen LogP contribution is -2.29. The predicted octanol–water partition coefficient (Wildman–Crippen LogP) is 3.19. The summed E-state index contributed by atoms with van der Waals surface area (Å²) < 4.78 is 0. The number of hydrogen-bond acceptors (Lipinski definition) is 1. The van der Waals surface area contributed by atoms with E-state index in [4.69, 9.17) is 0 Å². The van der Waals surface area contributed by atoms with Gasteiger partial charge in [0.05, 0.1) is 0 Å². The second-order valence-corrected chi connectivity index (χ2v) is 3.55. The molecule has 0 spiro atoms. The Balaban J connectivity index is 2.25. The van der Waals surface area contributed by atoms with E-state index in [1.807, 2.05) is 0 Å². The lowest BCUT2D eigenvalue weighted by Gasteiger charge is -2.30. The molecule has 0 saturated heterocycles. The fourth-order valence-electron chi connectivity index (χ4n) is 1.75. The molecule has 1 heteroatoms. The Kier molecular flexibility index (Phi) is 2.35. The minimum atomic E-state index is 0.632. The summed E-state index contributed by atoms with van der Waals surface area (Å²) in [5.41, 5.74) is 1.30. The van der Waals surface area contributed by atoms with Crippen molar-refractivity contribution in [3.8, 4) is 0 Å². The van der Waals surface area contributed by atoms with Gasteiger partial charge in [-0.1, -0.05) is 24.3 Å². The van der Waals surface area contributed by atoms with Gasteiger partial charge >= 0.3 is 0 Å². The van der Waals surface area contributed by atoms with Crippen molar-refractivity contribution in [2.45, 2.75) is 25.8 Å². The number of rotatable bonds is 1. The van der Waals surface area contributed by atoms with Crippen molar-refractivity contribution in [3.05, 3.63) is 42.6 Å². The van der Waals surface area contributed by atoms with E-state index in [0.29, 0.717) is 6.04 Å². The van der Waals surface area contributed by atoms with Crippen molar-refractivity contribution >= 4 is 5.69 Å². The highest BCUT2D eigenvalue weighted by atomic mass is 15.1. The molecule has 0 aromatic heterocycles. The lowest BCUT2D eigenvalue weighted by molar-refractivity contribution is 0.627. The molecule has 1 atom stereocenters. The number of anilines is 1. The fourth-order valence-corrected chi connectivity index (χ4v) is 1.75. The second-order valence-electron chi connectivity index (χ2n) is 3.55. The molecule has 0 aliphatic carbocycles. The molecule has 0 amide bonds. The van der Waals surface area contributed by atoms with Crippen molar-refractivity contribution in [1.29, 1.82) is 0 Å². The number of nitrogens with zero attached hydrogens (tertiary/aromatic N) is 1. The smallest absolute Gasteiger partial charge is 0.0408 e. The van der Waals surface area contributed by atoms with E-state index in [0.717, 1.165) is 0 Å². The highest BCUT2D eigenvalue weighted by Crippen LogP contribution is 2.22. The first-order valence-electron chi connectivity index (χ1n) is 4.88. The Morgan fingerprint density at radius 3 is 2.69 bits per heavy atom. The summed E-state index contributed by atoms with van der Waals surface area (Å²) in [6.45, 7) is 2.27. The van der Waals surface area contributed by atoms with Crippen molar-refractivity contribution in [2.24, 2.45) is 0 Å². The van der Waals surface area contributed by atoms with Gasteiger partial charge in [-0.2, -0.15) is 0 Å². The largest absolute Gasteiger partial charge is 0.346 e. The van der Waals surface area contributed by atoms with Crippen LogP contribution in [0.15, 0.2) is 42.6 Å². The molecule has 2 rings (SSSR count). The minimum Gasteiger partial charge on any atom is -0.346 e. The van der Waals surface area contributed by atoms with Crippen molar-refractivity contribution < 1.29 is 0 Å². The highest BCUT2D eigenvalue weighted by molar-refractivity contribution is 5.50. The highest BCUT2D eigenvalue weighted by Gasteiger charge is 2.13. The molecule has 1 aliphatic rings. The van der Waals surface area contributed by atoms with E-state index < -0.39 is 0 Å². The predicted molar refractivity (Wildman–Crippen MR) is 56.8 cm³/mol. The average molecular weight is 173 g/mol. The zero-order valence-corrected chi connectivity index (χ0v) is 7.98. The summed E-state index contributed by atoms with van der Waals surface area (Å²) >= 11 is 0. The normalized spacial score (nSPS) is 21.9. The number of hydrogen-bond donors (Lipinski definition) is 0. The van der Waals surface area contributed by atoms with Gasteiger partial charge in [0, 0.05) is 17.9 Å². The van der Waals surface area contributed by atoms with Gasteiger partial charge in [0.15, 0.2) is 0 Å². The molecule has 0 radical (unpaired) electrons. The van der Waals surface area contributed by atoms with E-state index in [2.05, 4.69) is 54.4 Å². The number of benzene rings is 1. The van der Waals surface area contributed by atoms with Crippen LogP contribution in [0, 0.1) is 0 Å². The maximum atomic E-state index is 2.34. The monoisotopic (exact) mass is 173 g/mol. The van der Waals surface area contributed by atoms with Gasteiger partial charge in [0.25, 0.3) is 0 Å². The van der Waals surface area contributed by atoms with Gasteiger partial charge in [0.2, 0.25) is 0 Å². The summed E-state index contributed by atoms with van der Waals surface area (Å²) in [6.07, 6.45) is 6.91. The van der Waals surface area contributed by atoms with E-state index in [1.54, 1.807) is 0 Å². The van der Waals surface area contributed by atoms with Crippen LogP contribution in [0.4, 0.5) is 5.69 Å². The average Bonchev–Trinajstić information content (AvgIpc) is 2.20. The molecule has 1 unspecified atom stereocenters. The molecule has 0 saturated carbocycles. The quantitative estimate of drug-likeness (QED) is 0.630. The summed E-state index contributed by atoms with van der Waals surface area (Å²) in [7, 11) is 0. The molecule has 0 fully saturated rings. The molecule has 0 N–H and O–H groups in total. The lowest BCUT2D eigenvalue weighted by atomic mass is 10.1. The van der Waals surface area contributed by atoms with Crippen LogP contribution >= 0.6 is 0 Å². The van der Waals surface area contributed by atoms with E-state index in [9.17, 15) is 0 Å². The molecule has 0 bridgehead atoms. The third-order valence-electron chi connectivity index (χ3n) is 2.55. The Morgan fingerprint density at radius 1 is 1.23 bits per heavy atom. The zero-order valence-electron chi connectivity index (χ0n) is 7.98. The van der Waals surface area contributed by atoms with Crippen LogP contribution in [-0.4, -0.2) is 6.04 Å². The van der Waals surface area contributed by atoms with Crippen LogP contribution in [0.5, 0.6) is 0 Å². The summed E-state index contributed by atoms with van der Waals surface area (Å²) in [5, 5.41) is 0. The fraction of sp³-hybridized carbons (Fsp3) is 0.333. The van der Waals surface area contributed by atoms with Crippen molar-refractivity contribution in [3.63, 3.8) is 0 Å². The molecule has 13 heavy (non-hydrogen) atoms. The maximum Gasteiger partial charge on any atom is 0.0408 e. The molecule has 1 nitrogen and oxygen atoms in total. The van der Waals surface area contributed by atoms with Crippen molar-refractivity contribution in [1.82, 2.24) is 0 Å². The van der Waals surface area contributed by atoms with Gasteiger partial charge in [-0.05, 0) is 31.9 Å². The third kappa shape index (κ3) is 1.74. The first-order valence-corrected chi connectivity index (χ1v) is 4.88. The molecule has 1 aliphatic heterocycles. The summed E-state index contributed by atoms with van der Waals surface area (Å²) in [6, 6.07) is 11.2. The topological polar surface area (TPSA) is 3.24 Å². The van der Waals surface area contributed by atoms with E-state index >= 15 is 0 Å². The minimum absolute atomic E-state index is 0.632. The van der Waals surface area contributed by atoms with Crippen LogP contribution in [0.2, 0.25) is 0 Å². The summed E-state index contributed by atoms with van der Waals surface area (Å²) in [5.74, 6) is 0. The van der Waals surface area contributed by atoms with E-state index in [-0.39, 0.29) is 0 Å². The molecular weight excluding hydrogens is 158 g/mol. The Bertz CT molecular complexity index is 289. The van der Waals surface area contributed by atoms with Gasteiger partial charge in [0.1, 0.15) is 0 Å². The summed E-state index contributed by atoms with van der Waals surface area (Å²) in [4.78, 5) is 2.34. The first-order chi connectivity index (χ1) is 6.38. The van der Waals surface area contributed by atoms with E-state index in [1.165, 1.54) is 18.5 Å². The maximum absolute atomic E-state index is 2.34. The molecular formula is C12H15N. The Hall–Kier alpha value is -1.24. The SMILES string of the molecule is CC1CCC=CN1c1ccccc1. The van der Waals surface area contributed by atoms with Crippen LogP contribution in [0.1, 0.15) is 19.8 Å². The van der Waals surface area contributed by atoms with Crippen molar-refractivity contribution in [2.75, 3.05) is 4.90 Å². The molecule has 1 aromatic carbocycles. The molecule has 1 aromatic rings. The second kappa shape index (κ2) is 3.65. The Labute approximate surface area is 79.7 Å². The zero-order chi connectivity index (χ0) is 9.10. The van der Waals surface area contributed by atoms with Crippen LogP contribution in [0.3, 0.4) is 0 Å². The number of para-hydroxylation sites is 1. The Morgan fingerprint density at radius 2 is 2.00 bits per heavy atom. The standard InChI is InChI=1S/C12H15N/c1-11-7-5-6-10-13(11)12-8-3-2-4-9-12/h2-4,6,8-11H,5,7H2,1H3. The van der Waals surface area contributed by atoms with Gasteiger partial charge in [-0.3, -0.25) is 0 Å².